The summed E-state index contributed by atoms with van der Waals surface area (Å²) in [5.74, 6) is -0.409. The number of rotatable bonds is 2. The summed E-state index contributed by atoms with van der Waals surface area (Å²) in [6.45, 7) is 2.08. The van der Waals surface area contributed by atoms with Crippen molar-refractivity contribution in [1.82, 2.24) is 10.3 Å². The normalized spacial score (nSPS) is 10.4. The van der Waals surface area contributed by atoms with Gasteiger partial charge in [-0.3, -0.25) is 0 Å². The molecule has 0 amide bonds. The number of esters is 1. The van der Waals surface area contributed by atoms with Crippen molar-refractivity contribution in [2.75, 3.05) is 6.61 Å². The molecule has 2 aromatic rings. The molecule has 14 heavy (non-hydrogen) atoms. The van der Waals surface area contributed by atoms with E-state index in [0.717, 1.165) is 0 Å². The van der Waals surface area contributed by atoms with Crippen LogP contribution in [0.3, 0.4) is 0 Å². The molecule has 5 heteroatoms. The number of carbonyl (C=O) groups is 1. The smallest absolute Gasteiger partial charge is 0.340 e. The lowest BCUT2D eigenvalue weighted by Gasteiger charge is -2.00. The van der Waals surface area contributed by atoms with Gasteiger partial charge in [-0.1, -0.05) is 6.07 Å². The molecule has 0 radical (unpaired) electrons. The Balaban J connectivity index is 2.50. The van der Waals surface area contributed by atoms with Crippen molar-refractivity contribution >= 4 is 17.0 Å². The van der Waals surface area contributed by atoms with E-state index in [0.29, 0.717) is 23.2 Å². The monoisotopic (exact) mass is 192 g/mol. The zero-order chi connectivity index (χ0) is 9.97. The average molecular weight is 192 g/mol. The van der Waals surface area contributed by atoms with Crippen LogP contribution in [0.1, 0.15) is 17.3 Å². The van der Waals surface area contributed by atoms with Crippen LogP contribution in [0.15, 0.2) is 22.8 Å². The van der Waals surface area contributed by atoms with Crippen LogP contribution in [-0.4, -0.2) is 22.9 Å². The van der Waals surface area contributed by atoms with E-state index < -0.39 is 5.97 Å². The number of ether oxygens (including phenoxy) is 1. The molecule has 0 unspecified atom stereocenters. The lowest BCUT2D eigenvalue weighted by molar-refractivity contribution is 0.0528. The van der Waals surface area contributed by atoms with Crippen LogP contribution in [0.5, 0.6) is 0 Å². The molecule has 0 aliphatic heterocycles. The summed E-state index contributed by atoms with van der Waals surface area (Å²) in [6.07, 6.45) is 0. The molecule has 1 aromatic carbocycles. The number of aromatic nitrogens is 2. The maximum absolute atomic E-state index is 11.4. The Kier molecular flexibility index (Phi) is 2.14. The second-order valence-corrected chi connectivity index (χ2v) is 2.66. The minimum atomic E-state index is -0.409. The molecule has 0 saturated heterocycles. The summed E-state index contributed by atoms with van der Waals surface area (Å²) in [4.78, 5) is 11.4. The van der Waals surface area contributed by atoms with Crippen LogP contribution in [0, 0.1) is 0 Å². The van der Waals surface area contributed by atoms with Crippen molar-refractivity contribution in [3.8, 4) is 0 Å². The van der Waals surface area contributed by atoms with Gasteiger partial charge < -0.3 is 4.74 Å². The zero-order valence-corrected chi connectivity index (χ0v) is 7.56. The van der Waals surface area contributed by atoms with Crippen LogP contribution in [0.4, 0.5) is 0 Å². The summed E-state index contributed by atoms with van der Waals surface area (Å²) in [5, 5.41) is 7.26. The third kappa shape index (κ3) is 1.32. The van der Waals surface area contributed by atoms with Crippen molar-refractivity contribution in [1.29, 1.82) is 0 Å². The number of hydrogen-bond donors (Lipinski definition) is 0. The zero-order valence-electron chi connectivity index (χ0n) is 7.56. The molecule has 0 spiro atoms. The van der Waals surface area contributed by atoms with Crippen molar-refractivity contribution in [2.24, 2.45) is 0 Å². The number of hydrogen-bond acceptors (Lipinski definition) is 5. The van der Waals surface area contributed by atoms with Crippen LogP contribution >= 0.6 is 0 Å². The van der Waals surface area contributed by atoms with Gasteiger partial charge in [0.2, 0.25) is 0 Å². The van der Waals surface area contributed by atoms with Crippen molar-refractivity contribution < 1.29 is 14.2 Å². The van der Waals surface area contributed by atoms with E-state index in [1.807, 2.05) is 0 Å². The first-order chi connectivity index (χ1) is 6.83. The highest BCUT2D eigenvalue weighted by Crippen LogP contribution is 2.15. The molecule has 0 saturated carbocycles. The Morgan fingerprint density at radius 1 is 1.50 bits per heavy atom. The highest BCUT2D eigenvalue weighted by Gasteiger charge is 2.13. The van der Waals surface area contributed by atoms with Crippen molar-refractivity contribution in [3.63, 3.8) is 0 Å². The number of carbonyl (C=O) groups excluding carboxylic acids is 1. The number of fused-ring (bicyclic) bond motifs is 1. The average Bonchev–Trinajstić information content (AvgIpc) is 2.65. The Labute approximate surface area is 79.6 Å². The molecule has 0 fully saturated rings. The summed E-state index contributed by atoms with van der Waals surface area (Å²) < 4.78 is 9.38. The molecule has 0 bridgehead atoms. The summed E-state index contributed by atoms with van der Waals surface area (Å²) in [6, 6.07) is 5.05. The third-order valence-electron chi connectivity index (χ3n) is 1.78. The molecule has 0 aliphatic rings. The fraction of sp³-hybridized carbons (Fsp3) is 0.222. The van der Waals surface area contributed by atoms with E-state index in [1.165, 1.54) is 0 Å². The van der Waals surface area contributed by atoms with Crippen molar-refractivity contribution in [2.45, 2.75) is 6.92 Å². The van der Waals surface area contributed by atoms with Gasteiger partial charge >= 0.3 is 5.97 Å². The summed E-state index contributed by atoms with van der Waals surface area (Å²) in [5.41, 5.74) is 1.37. The topological polar surface area (TPSA) is 65.2 Å². The molecule has 0 aliphatic carbocycles. The van der Waals surface area contributed by atoms with E-state index in [9.17, 15) is 4.79 Å². The molecular formula is C9H8N2O3. The molecule has 5 nitrogen and oxygen atoms in total. The molecule has 0 atom stereocenters. The van der Waals surface area contributed by atoms with Gasteiger partial charge in [-0.2, -0.15) is 0 Å². The van der Waals surface area contributed by atoms with Crippen LogP contribution in [0.2, 0.25) is 0 Å². The molecule has 0 N–H and O–H groups in total. The van der Waals surface area contributed by atoms with Gasteiger partial charge in [0.1, 0.15) is 11.0 Å². The van der Waals surface area contributed by atoms with Crippen molar-refractivity contribution in [3.05, 3.63) is 23.8 Å². The second-order valence-electron chi connectivity index (χ2n) is 2.66. The largest absolute Gasteiger partial charge is 0.462 e. The Morgan fingerprint density at radius 3 is 3.14 bits per heavy atom. The first-order valence-corrected chi connectivity index (χ1v) is 4.21. The minimum absolute atomic E-state index is 0.334. The van der Waals surface area contributed by atoms with E-state index >= 15 is 0 Å². The Morgan fingerprint density at radius 2 is 2.36 bits per heavy atom. The lowest BCUT2D eigenvalue weighted by Crippen LogP contribution is -2.05. The maximum atomic E-state index is 11.4. The van der Waals surface area contributed by atoms with E-state index in [4.69, 9.17) is 4.74 Å². The number of nitrogens with zero attached hydrogens (tertiary/aromatic N) is 2. The van der Waals surface area contributed by atoms with Crippen LogP contribution in [0.25, 0.3) is 11.0 Å². The summed E-state index contributed by atoms with van der Waals surface area (Å²) in [7, 11) is 0. The summed E-state index contributed by atoms with van der Waals surface area (Å²) >= 11 is 0. The van der Waals surface area contributed by atoms with Gasteiger partial charge in [-0.25, -0.2) is 9.42 Å². The molecule has 72 valence electrons. The molecule has 1 aromatic heterocycles. The van der Waals surface area contributed by atoms with Gasteiger partial charge in [0, 0.05) is 0 Å². The SMILES string of the molecule is CCOC(=O)c1cccc2nonc12. The minimum Gasteiger partial charge on any atom is -0.462 e. The standard InChI is InChI=1S/C9H8N2O3/c1-2-13-9(12)6-4-3-5-7-8(6)11-14-10-7/h3-5H,2H2,1H3. The van der Waals surface area contributed by atoms with E-state index in [1.54, 1.807) is 25.1 Å². The quantitative estimate of drug-likeness (QED) is 0.673. The van der Waals surface area contributed by atoms with Crippen LogP contribution in [-0.2, 0) is 4.74 Å². The van der Waals surface area contributed by atoms with Gasteiger partial charge in [-0.15, -0.1) is 0 Å². The van der Waals surface area contributed by atoms with Gasteiger partial charge in [0.05, 0.1) is 12.2 Å². The second kappa shape index (κ2) is 3.45. The highest BCUT2D eigenvalue weighted by molar-refractivity contribution is 6.01. The van der Waals surface area contributed by atoms with Gasteiger partial charge in [0.25, 0.3) is 0 Å². The molecule has 1 heterocycles. The maximum Gasteiger partial charge on any atom is 0.340 e. The number of benzene rings is 1. The fourth-order valence-corrected chi connectivity index (χ4v) is 1.18. The first kappa shape index (κ1) is 8.68. The first-order valence-electron chi connectivity index (χ1n) is 4.21. The lowest BCUT2D eigenvalue weighted by atomic mass is 10.2. The Hall–Kier alpha value is -1.91. The predicted octanol–water partition coefficient (Wildman–Crippen LogP) is 1.40. The molecular weight excluding hydrogens is 184 g/mol. The van der Waals surface area contributed by atoms with E-state index in [2.05, 4.69) is 14.9 Å². The van der Waals surface area contributed by atoms with E-state index in [-0.39, 0.29) is 0 Å². The molecule has 2 rings (SSSR count). The van der Waals surface area contributed by atoms with Crippen LogP contribution < -0.4 is 0 Å². The Bertz CT molecular complexity index is 464. The third-order valence-corrected chi connectivity index (χ3v) is 1.78. The fourth-order valence-electron chi connectivity index (χ4n) is 1.18. The van der Waals surface area contributed by atoms with Gasteiger partial charge in [-0.05, 0) is 29.4 Å². The predicted molar refractivity (Wildman–Crippen MR) is 47.8 cm³/mol. The van der Waals surface area contributed by atoms with Gasteiger partial charge in [0.15, 0.2) is 0 Å². The highest BCUT2D eigenvalue weighted by atomic mass is 16.6.